The number of piperazine rings is 1. The molecule has 0 aromatic carbocycles. The molecule has 0 aromatic rings. The van der Waals surface area contributed by atoms with Crippen molar-refractivity contribution in [1.29, 1.82) is 0 Å². The second kappa shape index (κ2) is 7.73. The molecule has 3 heterocycles. The molecule has 3 saturated heterocycles. The number of ether oxygens (including phenoxy) is 1. The number of amides is 1. The van der Waals surface area contributed by atoms with Crippen molar-refractivity contribution < 1.29 is 17.9 Å². The van der Waals surface area contributed by atoms with E-state index in [1.165, 1.54) is 0 Å². The zero-order valence-electron chi connectivity index (χ0n) is 15.5. The predicted octanol–water partition coefficient (Wildman–Crippen LogP) is 0.371. The molecule has 7 nitrogen and oxygen atoms in total. The van der Waals surface area contributed by atoms with Crippen molar-refractivity contribution in [3.05, 3.63) is 0 Å². The van der Waals surface area contributed by atoms with Crippen LogP contribution < -0.4 is 0 Å². The average molecular weight is 386 g/mol. The van der Waals surface area contributed by atoms with E-state index < -0.39 is 15.3 Å². The van der Waals surface area contributed by atoms with E-state index in [-0.39, 0.29) is 11.8 Å². The molecule has 0 radical (unpaired) electrons. The molecule has 148 valence electrons. The van der Waals surface area contributed by atoms with E-state index in [1.807, 2.05) is 0 Å². The van der Waals surface area contributed by atoms with Crippen molar-refractivity contribution in [3.63, 3.8) is 0 Å². The van der Waals surface area contributed by atoms with Gasteiger partial charge in [-0.15, -0.1) is 0 Å². The lowest BCUT2D eigenvalue weighted by molar-refractivity contribution is -0.138. The summed E-state index contributed by atoms with van der Waals surface area (Å²) in [5.41, 5.74) is 0. The Labute approximate surface area is 156 Å². The Morgan fingerprint density at radius 2 is 1.69 bits per heavy atom. The zero-order valence-corrected chi connectivity index (χ0v) is 16.3. The number of hydrogen-bond donors (Lipinski definition) is 0. The Kier molecular flexibility index (Phi) is 5.55. The first-order valence-electron chi connectivity index (χ1n) is 10.1. The van der Waals surface area contributed by atoms with Crippen molar-refractivity contribution >= 4 is 15.9 Å². The molecular formula is C18H31N3O4S. The summed E-state index contributed by atoms with van der Waals surface area (Å²) in [6.45, 7) is 6.23. The largest absolute Gasteiger partial charge is 0.381 e. The summed E-state index contributed by atoms with van der Waals surface area (Å²) in [4.78, 5) is 16.5. The third-order valence-electron chi connectivity index (χ3n) is 6.52. The van der Waals surface area contributed by atoms with Crippen LogP contribution in [0.1, 0.15) is 32.1 Å². The van der Waals surface area contributed by atoms with Crippen molar-refractivity contribution in [2.45, 2.75) is 37.4 Å². The maximum atomic E-state index is 12.9. The van der Waals surface area contributed by atoms with E-state index in [0.29, 0.717) is 32.1 Å². The first-order valence-corrected chi connectivity index (χ1v) is 11.6. The second-order valence-electron chi connectivity index (χ2n) is 8.32. The van der Waals surface area contributed by atoms with Gasteiger partial charge in [0.15, 0.2) is 0 Å². The van der Waals surface area contributed by atoms with Crippen molar-refractivity contribution in [2.75, 3.05) is 59.0 Å². The molecule has 0 unspecified atom stereocenters. The number of hydrogen-bond acceptors (Lipinski definition) is 5. The van der Waals surface area contributed by atoms with Gasteiger partial charge in [0, 0.05) is 58.3 Å². The Morgan fingerprint density at radius 3 is 2.31 bits per heavy atom. The van der Waals surface area contributed by atoms with Crippen LogP contribution in [0.25, 0.3) is 0 Å². The zero-order chi connectivity index (χ0) is 18.1. The monoisotopic (exact) mass is 385 g/mol. The van der Waals surface area contributed by atoms with E-state index in [2.05, 4.69) is 4.90 Å². The Morgan fingerprint density at radius 1 is 1.00 bits per heavy atom. The van der Waals surface area contributed by atoms with Crippen LogP contribution in [0.4, 0.5) is 0 Å². The van der Waals surface area contributed by atoms with Gasteiger partial charge in [0.25, 0.3) is 0 Å². The van der Waals surface area contributed by atoms with Crippen LogP contribution in [-0.4, -0.2) is 92.7 Å². The van der Waals surface area contributed by atoms with Gasteiger partial charge in [0.1, 0.15) is 5.25 Å². The normalized spacial score (nSPS) is 30.0. The molecule has 0 N–H and O–H groups in total. The van der Waals surface area contributed by atoms with Crippen LogP contribution in [-0.2, 0) is 19.6 Å². The minimum atomic E-state index is -3.28. The van der Waals surface area contributed by atoms with Crippen molar-refractivity contribution in [1.82, 2.24) is 14.1 Å². The minimum absolute atomic E-state index is 0.141. The molecule has 1 saturated carbocycles. The molecule has 1 amide bonds. The molecule has 1 aliphatic carbocycles. The van der Waals surface area contributed by atoms with Gasteiger partial charge in [-0.25, -0.2) is 8.42 Å². The van der Waals surface area contributed by atoms with Gasteiger partial charge in [-0.3, -0.25) is 4.79 Å². The Bertz CT molecular complexity index is 600. The first kappa shape index (κ1) is 18.7. The summed E-state index contributed by atoms with van der Waals surface area (Å²) < 4.78 is 32.8. The number of sulfonamides is 1. The molecule has 0 bridgehead atoms. The number of nitrogens with zero attached hydrogens (tertiary/aromatic N) is 3. The standard InChI is InChI=1S/C18H31N3O4S/c22-18(16-3-1-2-4-16)20-12-17(13-20)26(23,24)21-8-6-19(7-9-21)11-15-5-10-25-14-15/h15-17H,1-14H2/t15-/m0/s1. The summed E-state index contributed by atoms with van der Waals surface area (Å²) in [5, 5.41) is -0.400. The maximum Gasteiger partial charge on any atom is 0.225 e. The molecular weight excluding hydrogens is 354 g/mol. The lowest BCUT2D eigenvalue weighted by Gasteiger charge is -2.43. The quantitative estimate of drug-likeness (QED) is 0.684. The molecule has 4 fully saturated rings. The highest BCUT2D eigenvalue weighted by atomic mass is 32.2. The third-order valence-corrected chi connectivity index (χ3v) is 8.74. The van der Waals surface area contributed by atoms with E-state index in [1.54, 1.807) is 9.21 Å². The van der Waals surface area contributed by atoms with E-state index >= 15 is 0 Å². The lowest BCUT2D eigenvalue weighted by Crippen LogP contribution is -2.62. The van der Waals surface area contributed by atoms with Gasteiger partial charge in [-0.1, -0.05) is 12.8 Å². The van der Waals surface area contributed by atoms with E-state index in [0.717, 1.165) is 65.0 Å². The van der Waals surface area contributed by atoms with Crippen LogP contribution >= 0.6 is 0 Å². The lowest BCUT2D eigenvalue weighted by atomic mass is 10.0. The van der Waals surface area contributed by atoms with Crippen LogP contribution in [0.15, 0.2) is 0 Å². The third kappa shape index (κ3) is 3.79. The maximum absolute atomic E-state index is 12.9. The fraction of sp³-hybridized carbons (Fsp3) is 0.944. The second-order valence-corrected chi connectivity index (χ2v) is 10.5. The van der Waals surface area contributed by atoms with Gasteiger partial charge in [-0.2, -0.15) is 4.31 Å². The van der Waals surface area contributed by atoms with Crippen molar-refractivity contribution in [2.24, 2.45) is 11.8 Å². The number of carbonyl (C=O) groups is 1. The SMILES string of the molecule is O=C(C1CCCC1)N1CC(S(=O)(=O)N2CCN(C[C@@H]3CCOC3)CC2)C1. The molecule has 3 aliphatic heterocycles. The summed E-state index contributed by atoms with van der Waals surface area (Å²) in [5.74, 6) is 0.916. The molecule has 0 spiro atoms. The molecule has 4 aliphatic rings. The Hall–Kier alpha value is -0.700. The molecule has 8 heteroatoms. The van der Waals surface area contributed by atoms with Crippen LogP contribution in [0.5, 0.6) is 0 Å². The minimum Gasteiger partial charge on any atom is -0.381 e. The van der Waals surface area contributed by atoms with E-state index in [9.17, 15) is 13.2 Å². The molecule has 0 aromatic heterocycles. The molecule has 1 atom stereocenters. The number of carbonyl (C=O) groups excluding carboxylic acids is 1. The topological polar surface area (TPSA) is 70.2 Å². The van der Waals surface area contributed by atoms with Gasteiger partial charge in [0.2, 0.25) is 15.9 Å². The Balaban J connectivity index is 1.24. The van der Waals surface area contributed by atoms with Crippen LogP contribution in [0.3, 0.4) is 0 Å². The first-order chi connectivity index (χ1) is 12.5. The van der Waals surface area contributed by atoms with Gasteiger partial charge >= 0.3 is 0 Å². The highest BCUT2D eigenvalue weighted by Crippen LogP contribution is 2.30. The summed E-state index contributed by atoms with van der Waals surface area (Å²) in [6, 6.07) is 0. The number of likely N-dealkylation sites (tertiary alicyclic amines) is 1. The summed E-state index contributed by atoms with van der Waals surface area (Å²) in [7, 11) is -3.28. The fourth-order valence-corrected chi connectivity index (χ4v) is 6.54. The highest BCUT2D eigenvalue weighted by molar-refractivity contribution is 7.89. The number of rotatable bonds is 5. The van der Waals surface area contributed by atoms with Crippen molar-refractivity contribution in [3.8, 4) is 0 Å². The summed E-state index contributed by atoms with van der Waals surface area (Å²) in [6.07, 6.45) is 5.32. The van der Waals surface area contributed by atoms with Crippen LogP contribution in [0, 0.1) is 11.8 Å². The predicted molar refractivity (Wildman–Crippen MR) is 98.2 cm³/mol. The summed E-state index contributed by atoms with van der Waals surface area (Å²) >= 11 is 0. The van der Waals surface area contributed by atoms with Gasteiger partial charge in [0.05, 0.1) is 6.61 Å². The average Bonchev–Trinajstić information content (AvgIpc) is 3.27. The fourth-order valence-electron chi connectivity index (χ4n) is 4.71. The highest BCUT2D eigenvalue weighted by Gasteiger charge is 2.44. The van der Waals surface area contributed by atoms with E-state index in [4.69, 9.17) is 4.74 Å². The van der Waals surface area contributed by atoms with Gasteiger partial charge < -0.3 is 14.5 Å². The molecule has 26 heavy (non-hydrogen) atoms. The van der Waals surface area contributed by atoms with Gasteiger partial charge in [-0.05, 0) is 25.2 Å². The molecule has 4 rings (SSSR count). The van der Waals surface area contributed by atoms with Crippen LogP contribution in [0.2, 0.25) is 0 Å². The smallest absolute Gasteiger partial charge is 0.225 e.